The number of carboxylic acids is 1. The van der Waals surface area contributed by atoms with Gasteiger partial charge in [-0.2, -0.15) is 0 Å². The predicted molar refractivity (Wildman–Crippen MR) is 90.3 cm³/mol. The number of thioether (sulfide) groups is 1. The average Bonchev–Trinajstić information content (AvgIpc) is 2.88. The third-order valence-electron chi connectivity index (χ3n) is 4.10. The summed E-state index contributed by atoms with van der Waals surface area (Å²) in [5, 5.41) is 20.5. The van der Waals surface area contributed by atoms with Crippen LogP contribution in [0.3, 0.4) is 0 Å². The second-order valence-electron chi connectivity index (χ2n) is 6.08. The second-order valence-corrected chi connectivity index (χ2v) is 7.70. The number of hydrogen-bond donors (Lipinski definition) is 1. The molecule has 0 spiro atoms. The van der Waals surface area contributed by atoms with Crippen LogP contribution in [0, 0.1) is 16.0 Å². The van der Waals surface area contributed by atoms with Crippen molar-refractivity contribution in [3.8, 4) is 0 Å². The predicted octanol–water partition coefficient (Wildman–Crippen LogP) is 3.03. The summed E-state index contributed by atoms with van der Waals surface area (Å²) in [5.41, 5.74) is 0.119. The minimum atomic E-state index is -0.923. The van der Waals surface area contributed by atoms with Gasteiger partial charge in [-0.25, -0.2) is 0 Å². The van der Waals surface area contributed by atoms with Gasteiger partial charge < -0.3 is 10.0 Å². The first kappa shape index (κ1) is 18.3. The smallest absolute Gasteiger partial charge is 0.308 e. The number of nitrogens with zero attached hydrogens (tertiary/aromatic N) is 2. The van der Waals surface area contributed by atoms with Gasteiger partial charge in [0.2, 0.25) is 0 Å². The number of nitro groups is 1. The number of rotatable bonds is 5. The van der Waals surface area contributed by atoms with Gasteiger partial charge in [-0.15, -0.1) is 11.8 Å². The normalized spacial score (nSPS) is 20.4. The van der Waals surface area contributed by atoms with E-state index in [0.29, 0.717) is 17.9 Å². The van der Waals surface area contributed by atoms with E-state index in [4.69, 9.17) is 0 Å². The van der Waals surface area contributed by atoms with E-state index in [-0.39, 0.29) is 22.4 Å². The summed E-state index contributed by atoms with van der Waals surface area (Å²) >= 11 is 1.45. The van der Waals surface area contributed by atoms with Crippen molar-refractivity contribution in [2.24, 2.45) is 5.92 Å². The Morgan fingerprint density at radius 2 is 2.08 bits per heavy atom. The standard InChI is InChI=1S/C16H20N2O5S/c1-9(2)24-14-5-4-11(18(22)23)8-13(14)15(19)17-7-6-12(10(17)3)16(20)21/h4-5,8-10,12H,6-7H2,1-3H3,(H,20,21). The van der Waals surface area contributed by atoms with Crippen LogP contribution >= 0.6 is 11.8 Å². The first-order valence-corrected chi connectivity index (χ1v) is 8.59. The Morgan fingerprint density at radius 1 is 1.42 bits per heavy atom. The highest BCUT2D eigenvalue weighted by molar-refractivity contribution is 8.00. The maximum absolute atomic E-state index is 12.9. The number of non-ortho nitro benzene ring substituents is 1. The molecule has 1 saturated heterocycles. The van der Waals surface area contributed by atoms with Crippen molar-refractivity contribution in [1.29, 1.82) is 0 Å². The van der Waals surface area contributed by atoms with Crippen LogP contribution in [0.2, 0.25) is 0 Å². The Balaban J connectivity index is 2.38. The highest BCUT2D eigenvalue weighted by atomic mass is 32.2. The number of nitro benzene ring substituents is 1. The lowest BCUT2D eigenvalue weighted by Crippen LogP contribution is -2.37. The van der Waals surface area contributed by atoms with Gasteiger partial charge in [-0.05, 0) is 19.4 Å². The van der Waals surface area contributed by atoms with Crippen molar-refractivity contribution < 1.29 is 19.6 Å². The molecule has 1 aliphatic heterocycles. The lowest BCUT2D eigenvalue weighted by molar-refractivity contribution is -0.384. The fourth-order valence-electron chi connectivity index (χ4n) is 2.87. The molecular weight excluding hydrogens is 332 g/mol. The molecule has 1 heterocycles. The molecule has 1 aliphatic rings. The highest BCUT2D eigenvalue weighted by Crippen LogP contribution is 2.33. The van der Waals surface area contributed by atoms with Crippen LogP contribution in [0.15, 0.2) is 23.1 Å². The van der Waals surface area contributed by atoms with E-state index in [0.717, 1.165) is 0 Å². The number of likely N-dealkylation sites (tertiary alicyclic amines) is 1. The number of carboxylic acid groups (broad SMARTS) is 1. The first-order valence-electron chi connectivity index (χ1n) is 7.71. The molecule has 1 aromatic carbocycles. The SMILES string of the molecule is CC(C)Sc1ccc([N+](=O)[O-])cc1C(=O)N1CCC(C(=O)O)C1C. The molecular formula is C16H20N2O5S. The van der Waals surface area contributed by atoms with Gasteiger partial charge in [0.1, 0.15) is 0 Å². The molecule has 2 unspecified atom stereocenters. The Labute approximate surface area is 144 Å². The van der Waals surface area contributed by atoms with E-state index >= 15 is 0 Å². The monoisotopic (exact) mass is 352 g/mol. The van der Waals surface area contributed by atoms with Crippen molar-refractivity contribution in [3.05, 3.63) is 33.9 Å². The second kappa shape index (κ2) is 7.21. The molecule has 2 rings (SSSR count). The van der Waals surface area contributed by atoms with Gasteiger partial charge in [0.05, 0.1) is 16.4 Å². The number of carbonyl (C=O) groups is 2. The minimum absolute atomic E-state index is 0.145. The number of benzene rings is 1. The van der Waals surface area contributed by atoms with Gasteiger partial charge in [-0.1, -0.05) is 13.8 Å². The molecule has 2 atom stereocenters. The van der Waals surface area contributed by atoms with Gasteiger partial charge in [0, 0.05) is 34.9 Å². The van der Waals surface area contributed by atoms with Crippen LogP contribution in [0.1, 0.15) is 37.6 Å². The largest absolute Gasteiger partial charge is 0.481 e. The molecule has 130 valence electrons. The number of aliphatic carboxylic acids is 1. The van der Waals surface area contributed by atoms with Crippen molar-refractivity contribution in [3.63, 3.8) is 0 Å². The molecule has 1 amide bonds. The highest BCUT2D eigenvalue weighted by Gasteiger charge is 2.39. The van der Waals surface area contributed by atoms with Gasteiger partial charge in [-0.3, -0.25) is 19.7 Å². The Bertz CT molecular complexity index is 676. The quantitative estimate of drug-likeness (QED) is 0.496. The summed E-state index contributed by atoms with van der Waals surface area (Å²) in [6.07, 6.45) is 0.393. The van der Waals surface area contributed by atoms with E-state index < -0.39 is 22.9 Å². The molecule has 24 heavy (non-hydrogen) atoms. The van der Waals surface area contributed by atoms with Crippen LogP contribution < -0.4 is 0 Å². The summed E-state index contributed by atoms with van der Waals surface area (Å²) in [6, 6.07) is 3.82. The summed E-state index contributed by atoms with van der Waals surface area (Å²) < 4.78 is 0. The first-order chi connectivity index (χ1) is 11.2. The van der Waals surface area contributed by atoms with Gasteiger partial charge >= 0.3 is 5.97 Å². The zero-order valence-electron chi connectivity index (χ0n) is 13.8. The Hall–Kier alpha value is -2.09. The lowest BCUT2D eigenvalue weighted by atomic mass is 10.0. The van der Waals surface area contributed by atoms with Gasteiger partial charge in [0.15, 0.2) is 0 Å². The van der Waals surface area contributed by atoms with E-state index in [1.807, 2.05) is 13.8 Å². The van der Waals surface area contributed by atoms with Crippen molar-refractivity contribution in [2.45, 2.75) is 43.4 Å². The minimum Gasteiger partial charge on any atom is -0.481 e. The molecule has 0 bridgehead atoms. The fraction of sp³-hybridized carbons (Fsp3) is 0.500. The molecule has 1 fully saturated rings. The molecule has 0 aliphatic carbocycles. The third-order valence-corrected chi connectivity index (χ3v) is 5.18. The maximum atomic E-state index is 12.9. The zero-order valence-corrected chi connectivity index (χ0v) is 14.6. The van der Waals surface area contributed by atoms with Crippen LogP contribution in [-0.4, -0.2) is 44.6 Å². The Kier molecular flexibility index (Phi) is 5.48. The number of hydrogen-bond acceptors (Lipinski definition) is 5. The topological polar surface area (TPSA) is 101 Å². The van der Waals surface area contributed by atoms with Crippen LogP contribution in [0.25, 0.3) is 0 Å². The maximum Gasteiger partial charge on any atom is 0.308 e. The van der Waals surface area contributed by atoms with Gasteiger partial charge in [0.25, 0.3) is 11.6 Å². The molecule has 8 heteroatoms. The summed E-state index contributed by atoms with van der Waals surface area (Å²) in [7, 11) is 0. The van der Waals surface area contributed by atoms with Crippen LogP contribution in [0.4, 0.5) is 5.69 Å². The van der Waals surface area contributed by atoms with E-state index in [1.165, 1.54) is 28.8 Å². The molecule has 1 N–H and O–H groups in total. The molecule has 0 radical (unpaired) electrons. The number of amides is 1. The number of carbonyl (C=O) groups excluding carboxylic acids is 1. The third kappa shape index (κ3) is 3.69. The van der Waals surface area contributed by atoms with Crippen molar-refractivity contribution in [1.82, 2.24) is 4.90 Å². The van der Waals surface area contributed by atoms with E-state index in [1.54, 1.807) is 13.0 Å². The average molecular weight is 352 g/mol. The van der Waals surface area contributed by atoms with Crippen molar-refractivity contribution >= 4 is 29.3 Å². The summed E-state index contributed by atoms with van der Waals surface area (Å²) in [6.45, 7) is 5.99. The molecule has 0 aromatic heterocycles. The Morgan fingerprint density at radius 3 is 2.58 bits per heavy atom. The van der Waals surface area contributed by atoms with E-state index in [9.17, 15) is 24.8 Å². The molecule has 0 saturated carbocycles. The molecule has 1 aromatic rings. The zero-order chi connectivity index (χ0) is 18.0. The summed E-state index contributed by atoms with van der Waals surface area (Å²) in [4.78, 5) is 36.8. The van der Waals surface area contributed by atoms with Crippen molar-refractivity contribution in [2.75, 3.05) is 6.54 Å². The molecule has 7 nitrogen and oxygen atoms in total. The lowest BCUT2D eigenvalue weighted by Gasteiger charge is -2.24. The van der Waals surface area contributed by atoms with Crippen LogP contribution in [-0.2, 0) is 4.79 Å². The fourth-order valence-corrected chi connectivity index (χ4v) is 3.79. The van der Waals surface area contributed by atoms with E-state index in [2.05, 4.69) is 0 Å². The summed E-state index contributed by atoms with van der Waals surface area (Å²) in [5.74, 6) is -1.87. The van der Waals surface area contributed by atoms with Crippen LogP contribution in [0.5, 0.6) is 0 Å².